The summed E-state index contributed by atoms with van der Waals surface area (Å²) in [6, 6.07) is 57.1. The average Bonchev–Trinajstić information content (AvgIpc) is 3.53. The zero-order valence-corrected chi connectivity index (χ0v) is 43.9. The fourth-order valence-corrected chi connectivity index (χ4v) is 11.0. The van der Waals surface area contributed by atoms with E-state index in [2.05, 4.69) is 247 Å². The van der Waals surface area contributed by atoms with Crippen molar-refractivity contribution in [2.24, 2.45) is 0 Å². The van der Waals surface area contributed by atoms with Gasteiger partial charge in [0.15, 0.2) is 0 Å². The summed E-state index contributed by atoms with van der Waals surface area (Å²) in [5, 5.41) is 0. The first-order valence-electron chi connectivity index (χ1n) is 25.7. The van der Waals surface area contributed by atoms with E-state index in [0.29, 0.717) is 5.92 Å². The summed E-state index contributed by atoms with van der Waals surface area (Å²) < 4.78 is 0. The molecule has 7 aromatic carbocycles. The largest absolute Gasteiger partial charge is 0.310 e. The normalized spacial score (nSPS) is 15.3. The Labute approximate surface area is 411 Å². The zero-order chi connectivity index (χ0) is 48.6. The molecule has 350 valence electrons. The van der Waals surface area contributed by atoms with Gasteiger partial charge >= 0.3 is 0 Å². The first kappa shape index (κ1) is 47.4. The van der Waals surface area contributed by atoms with Crippen LogP contribution in [-0.4, -0.2) is 0 Å². The predicted octanol–water partition coefficient (Wildman–Crippen LogP) is 19.7. The van der Waals surface area contributed by atoms with E-state index in [9.17, 15) is 0 Å². The molecule has 0 bridgehead atoms. The van der Waals surface area contributed by atoms with Gasteiger partial charge in [-0.1, -0.05) is 219 Å². The van der Waals surface area contributed by atoms with E-state index in [1.54, 1.807) is 0 Å². The standard InChI is InChI=1S/C67H77N/c1-63(2,3)50-36-47(48-37-51(64(4,5)6)40-52(38-48)65(7,8)9)35-49(39-50)58-41-53(66(10,11)12)42-61(62(58)46-25-19-16-20-26-46)68(54-31-29-45(30-32-54)44-23-17-15-18-24-44)55-33-34-57-56-27-21-22-28-59(56)67(13,14)60(57)43-55/h16,19-22,25-44H,15,17-18,23-24H2,1-14H3. The van der Waals surface area contributed by atoms with Crippen LogP contribution in [0.15, 0.2) is 146 Å². The first-order chi connectivity index (χ1) is 32.0. The van der Waals surface area contributed by atoms with Gasteiger partial charge in [-0.15, -0.1) is 0 Å². The van der Waals surface area contributed by atoms with E-state index in [1.165, 1.54) is 133 Å². The number of fused-ring (bicyclic) bond motifs is 3. The van der Waals surface area contributed by atoms with Crippen LogP contribution in [0.25, 0.3) is 44.5 Å². The molecule has 2 aliphatic carbocycles. The van der Waals surface area contributed by atoms with Gasteiger partial charge in [-0.25, -0.2) is 0 Å². The lowest BCUT2D eigenvalue weighted by molar-refractivity contribution is 0.443. The lowest BCUT2D eigenvalue weighted by Gasteiger charge is -2.33. The highest BCUT2D eigenvalue weighted by atomic mass is 15.1. The van der Waals surface area contributed by atoms with Crippen LogP contribution in [0.3, 0.4) is 0 Å². The molecule has 2 aliphatic rings. The molecule has 0 unspecified atom stereocenters. The van der Waals surface area contributed by atoms with Gasteiger partial charge in [-0.05, 0) is 161 Å². The lowest BCUT2D eigenvalue weighted by Crippen LogP contribution is -2.18. The molecule has 0 aromatic heterocycles. The van der Waals surface area contributed by atoms with Crippen LogP contribution in [-0.2, 0) is 27.1 Å². The van der Waals surface area contributed by atoms with Crippen molar-refractivity contribution in [2.45, 2.75) is 162 Å². The summed E-state index contributed by atoms with van der Waals surface area (Å²) in [5.41, 5.74) is 23.0. The van der Waals surface area contributed by atoms with Crippen molar-refractivity contribution in [3.63, 3.8) is 0 Å². The SMILES string of the molecule is CC(C)(C)c1cc(-c2cc(C(C)(C)C)cc(C(C)(C)C)c2)cc(-c2cc(C(C)(C)C)cc(N(c3ccc(C4CCCCC4)cc3)c3ccc4c(c3)C(C)(C)c3ccccc3-4)c2-c2ccccc2)c1. The van der Waals surface area contributed by atoms with Gasteiger partial charge in [0.2, 0.25) is 0 Å². The molecule has 0 amide bonds. The number of hydrogen-bond donors (Lipinski definition) is 0. The van der Waals surface area contributed by atoms with Crippen molar-refractivity contribution < 1.29 is 0 Å². The maximum atomic E-state index is 2.60. The minimum Gasteiger partial charge on any atom is -0.310 e. The molecule has 0 saturated heterocycles. The molecular formula is C67H77N. The molecule has 0 aliphatic heterocycles. The molecule has 9 rings (SSSR count). The highest BCUT2D eigenvalue weighted by Crippen LogP contribution is 2.53. The van der Waals surface area contributed by atoms with Crippen LogP contribution < -0.4 is 4.90 Å². The van der Waals surface area contributed by atoms with Gasteiger partial charge in [-0.3, -0.25) is 0 Å². The topological polar surface area (TPSA) is 3.24 Å². The van der Waals surface area contributed by atoms with Crippen LogP contribution in [0.2, 0.25) is 0 Å². The molecule has 7 aromatic rings. The van der Waals surface area contributed by atoms with Crippen LogP contribution in [0.5, 0.6) is 0 Å². The number of nitrogens with zero attached hydrogens (tertiary/aromatic N) is 1. The Morgan fingerprint density at radius 2 is 0.897 bits per heavy atom. The van der Waals surface area contributed by atoms with Crippen molar-refractivity contribution in [1.29, 1.82) is 0 Å². The second kappa shape index (κ2) is 17.4. The maximum absolute atomic E-state index is 2.60. The number of hydrogen-bond acceptors (Lipinski definition) is 1. The monoisotopic (exact) mass is 896 g/mol. The van der Waals surface area contributed by atoms with E-state index in [1.807, 2.05) is 0 Å². The molecule has 0 radical (unpaired) electrons. The summed E-state index contributed by atoms with van der Waals surface area (Å²) in [6.45, 7) is 33.1. The Balaban J connectivity index is 1.36. The van der Waals surface area contributed by atoms with Crippen molar-refractivity contribution in [2.75, 3.05) is 4.90 Å². The van der Waals surface area contributed by atoms with E-state index in [0.717, 1.165) is 0 Å². The summed E-state index contributed by atoms with van der Waals surface area (Å²) in [7, 11) is 0. The van der Waals surface area contributed by atoms with E-state index in [-0.39, 0.29) is 27.1 Å². The first-order valence-corrected chi connectivity index (χ1v) is 25.7. The molecule has 0 atom stereocenters. The van der Waals surface area contributed by atoms with Crippen LogP contribution in [0, 0.1) is 0 Å². The van der Waals surface area contributed by atoms with Crippen LogP contribution in [0.1, 0.15) is 174 Å². The maximum Gasteiger partial charge on any atom is 0.0549 e. The van der Waals surface area contributed by atoms with Crippen molar-refractivity contribution in [3.8, 4) is 44.5 Å². The lowest BCUT2D eigenvalue weighted by atomic mass is 9.77. The second-order valence-electron chi connectivity index (χ2n) is 25.0. The zero-order valence-electron chi connectivity index (χ0n) is 43.9. The Bertz CT molecular complexity index is 2930. The molecule has 1 nitrogen and oxygen atoms in total. The molecule has 1 heteroatoms. The Morgan fingerprint density at radius 1 is 0.397 bits per heavy atom. The van der Waals surface area contributed by atoms with Gasteiger partial charge in [0.1, 0.15) is 0 Å². The fraction of sp³-hybridized carbons (Fsp3) is 0.373. The van der Waals surface area contributed by atoms with E-state index >= 15 is 0 Å². The van der Waals surface area contributed by atoms with Crippen molar-refractivity contribution in [3.05, 3.63) is 185 Å². The highest BCUT2D eigenvalue weighted by molar-refractivity contribution is 5.99. The predicted molar refractivity (Wildman–Crippen MR) is 296 cm³/mol. The van der Waals surface area contributed by atoms with E-state index in [4.69, 9.17) is 0 Å². The number of rotatable bonds is 7. The van der Waals surface area contributed by atoms with E-state index < -0.39 is 0 Å². The summed E-state index contributed by atoms with van der Waals surface area (Å²) >= 11 is 0. The molecule has 68 heavy (non-hydrogen) atoms. The van der Waals surface area contributed by atoms with Crippen molar-refractivity contribution >= 4 is 17.1 Å². The third kappa shape index (κ3) is 9.16. The quantitative estimate of drug-likeness (QED) is 0.154. The van der Waals surface area contributed by atoms with Crippen LogP contribution in [0.4, 0.5) is 17.1 Å². The Hall–Kier alpha value is -5.66. The minimum atomic E-state index is -0.139. The smallest absolute Gasteiger partial charge is 0.0549 e. The Morgan fingerprint density at radius 3 is 1.50 bits per heavy atom. The third-order valence-electron chi connectivity index (χ3n) is 15.4. The van der Waals surface area contributed by atoms with Gasteiger partial charge < -0.3 is 4.90 Å². The molecule has 1 fully saturated rings. The average molecular weight is 896 g/mol. The molecule has 0 spiro atoms. The summed E-state index contributed by atoms with van der Waals surface area (Å²) in [4.78, 5) is 2.60. The highest BCUT2D eigenvalue weighted by Gasteiger charge is 2.36. The van der Waals surface area contributed by atoms with Gasteiger partial charge in [0, 0.05) is 22.4 Å². The number of anilines is 3. The third-order valence-corrected chi connectivity index (χ3v) is 15.4. The summed E-state index contributed by atoms with van der Waals surface area (Å²) in [6.07, 6.45) is 6.58. The Kier molecular flexibility index (Phi) is 12.1. The molecule has 0 heterocycles. The fourth-order valence-electron chi connectivity index (χ4n) is 11.0. The van der Waals surface area contributed by atoms with Gasteiger partial charge in [0.05, 0.1) is 5.69 Å². The molecular weight excluding hydrogens is 819 g/mol. The minimum absolute atomic E-state index is 0.00449. The second-order valence-corrected chi connectivity index (χ2v) is 25.0. The summed E-state index contributed by atoms with van der Waals surface area (Å²) in [5.74, 6) is 0.633. The van der Waals surface area contributed by atoms with Crippen molar-refractivity contribution in [1.82, 2.24) is 0 Å². The van der Waals surface area contributed by atoms with Gasteiger partial charge in [0.25, 0.3) is 0 Å². The van der Waals surface area contributed by atoms with Gasteiger partial charge in [-0.2, -0.15) is 0 Å². The van der Waals surface area contributed by atoms with Crippen LogP contribution >= 0.6 is 0 Å². The number of benzene rings is 7. The molecule has 0 N–H and O–H groups in total. The molecule has 1 saturated carbocycles.